The molecule has 9 heteroatoms. The quantitative estimate of drug-likeness (QED) is 0.621. The summed E-state index contributed by atoms with van der Waals surface area (Å²) < 4.78 is 28.4. The first-order valence-corrected chi connectivity index (χ1v) is 12.7. The van der Waals surface area contributed by atoms with Gasteiger partial charge in [0.1, 0.15) is 4.21 Å². The lowest BCUT2D eigenvalue weighted by molar-refractivity contribution is -0.120. The Morgan fingerprint density at radius 3 is 2.83 bits per heavy atom. The van der Waals surface area contributed by atoms with Gasteiger partial charge in [0, 0.05) is 13.1 Å². The average molecular weight is 450 g/mol. The first-order chi connectivity index (χ1) is 13.9. The zero-order valence-corrected chi connectivity index (χ0v) is 18.7. The number of thiazole rings is 1. The molecular weight excluding hydrogens is 426 g/mol. The third-order valence-electron chi connectivity index (χ3n) is 5.15. The molecule has 1 saturated heterocycles. The highest BCUT2D eigenvalue weighted by atomic mass is 32.2. The smallest absolute Gasteiger partial charge is 0.252 e. The molecule has 1 unspecified atom stereocenters. The molecule has 4 rings (SSSR count). The first kappa shape index (κ1) is 20.5. The molecular formula is C20H23N3O3S3. The molecule has 0 radical (unpaired) electrons. The van der Waals surface area contributed by atoms with E-state index in [-0.39, 0.29) is 18.4 Å². The average Bonchev–Trinajstić information content (AvgIpc) is 3.37. The maximum atomic E-state index is 12.9. The van der Waals surface area contributed by atoms with E-state index >= 15 is 0 Å². The fourth-order valence-corrected chi connectivity index (χ4v) is 7.18. The highest BCUT2D eigenvalue weighted by Gasteiger charge is 2.34. The Kier molecular flexibility index (Phi) is 5.74. The Bertz CT molecular complexity index is 1120. The lowest BCUT2D eigenvalue weighted by Gasteiger charge is -2.30. The van der Waals surface area contributed by atoms with Gasteiger partial charge < -0.3 is 5.32 Å². The number of nitrogens with one attached hydrogen (secondary N) is 1. The molecule has 1 aliphatic heterocycles. The summed E-state index contributed by atoms with van der Waals surface area (Å²) in [5, 5.41) is 5.24. The standard InChI is InChI=1S/C20H23N3O3S3/c1-13(2)15-7-3-8-16-18(15)21-20(28-16)22-19(24)14-6-4-10-23(12-14)29(25,26)17-9-5-11-27-17/h3,5,7-9,11,13-14H,4,6,10,12H2,1-2H3,(H,21,22,24). The van der Waals surface area contributed by atoms with Crippen molar-refractivity contribution in [2.75, 3.05) is 18.4 Å². The van der Waals surface area contributed by atoms with Gasteiger partial charge in [-0.1, -0.05) is 43.4 Å². The number of nitrogens with zero attached hydrogens (tertiary/aromatic N) is 2. The van der Waals surface area contributed by atoms with Crippen molar-refractivity contribution >= 4 is 54.0 Å². The van der Waals surface area contributed by atoms with E-state index < -0.39 is 10.0 Å². The molecule has 6 nitrogen and oxygen atoms in total. The van der Waals surface area contributed by atoms with Gasteiger partial charge in [-0.15, -0.1) is 11.3 Å². The minimum Gasteiger partial charge on any atom is -0.302 e. The second kappa shape index (κ2) is 8.14. The Morgan fingerprint density at radius 1 is 1.28 bits per heavy atom. The summed E-state index contributed by atoms with van der Waals surface area (Å²) in [4.78, 5) is 17.5. The van der Waals surface area contributed by atoms with Crippen LogP contribution in [0.4, 0.5) is 5.13 Å². The number of fused-ring (bicyclic) bond motifs is 1. The Morgan fingerprint density at radius 2 is 2.10 bits per heavy atom. The first-order valence-electron chi connectivity index (χ1n) is 9.60. The van der Waals surface area contributed by atoms with Gasteiger partial charge in [-0.25, -0.2) is 13.4 Å². The highest BCUT2D eigenvalue weighted by molar-refractivity contribution is 7.91. The Labute approximate surface area is 178 Å². The van der Waals surface area contributed by atoms with Gasteiger partial charge in [-0.05, 0) is 41.8 Å². The van der Waals surface area contributed by atoms with Crippen molar-refractivity contribution in [3.63, 3.8) is 0 Å². The summed E-state index contributed by atoms with van der Waals surface area (Å²) in [6.07, 6.45) is 1.34. The van der Waals surface area contributed by atoms with Gasteiger partial charge in [-0.3, -0.25) is 4.79 Å². The minimum atomic E-state index is -3.53. The van der Waals surface area contributed by atoms with Crippen molar-refractivity contribution in [1.29, 1.82) is 0 Å². The van der Waals surface area contributed by atoms with Crippen molar-refractivity contribution in [2.24, 2.45) is 5.92 Å². The number of amides is 1. The van der Waals surface area contributed by atoms with Gasteiger partial charge in [0.25, 0.3) is 10.0 Å². The molecule has 3 heterocycles. The largest absolute Gasteiger partial charge is 0.302 e. The molecule has 0 bridgehead atoms. The van der Waals surface area contributed by atoms with Crippen molar-refractivity contribution < 1.29 is 13.2 Å². The minimum absolute atomic E-state index is 0.166. The second-order valence-corrected chi connectivity index (χ2v) is 11.6. The Balaban J connectivity index is 1.50. The van der Waals surface area contributed by atoms with E-state index in [1.807, 2.05) is 12.1 Å². The molecule has 0 spiro atoms. The number of aromatic nitrogens is 1. The molecule has 154 valence electrons. The van der Waals surface area contributed by atoms with Gasteiger partial charge in [0.05, 0.1) is 16.1 Å². The molecule has 0 saturated carbocycles. The molecule has 1 aromatic carbocycles. The van der Waals surface area contributed by atoms with E-state index in [4.69, 9.17) is 0 Å². The molecule has 1 aliphatic rings. The SMILES string of the molecule is CC(C)c1cccc2sc(NC(=O)C3CCCN(S(=O)(=O)c4cccs4)C3)nc12. The van der Waals surface area contributed by atoms with Crippen LogP contribution in [0.2, 0.25) is 0 Å². The van der Waals surface area contributed by atoms with Crippen LogP contribution in [0.25, 0.3) is 10.2 Å². The van der Waals surface area contributed by atoms with Crippen LogP contribution in [-0.4, -0.2) is 36.7 Å². The molecule has 0 aliphatic carbocycles. The van der Waals surface area contributed by atoms with Crippen LogP contribution in [-0.2, 0) is 14.8 Å². The third kappa shape index (κ3) is 4.09. The highest BCUT2D eigenvalue weighted by Crippen LogP contribution is 2.32. The lowest BCUT2D eigenvalue weighted by atomic mass is 9.99. The van der Waals surface area contributed by atoms with E-state index in [9.17, 15) is 13.2 Å². The van der Waals surface area contributed by atoms with Gasteiger partial charge in [-0.2, -0.15) is 4.31 Å². The topological polar surface area (TPSA) is 79.4 Å². The van der Waals surface area contributed by atoms with E-state index in [2.05, 4.69) is 30.2 Å². The monoisotopic (exact) mass is 449 g/mol. The van der Waals surface area contributed by atoms with Crippen LogP contribution in [0.5, 0.6) is 0 Å². The third-order valence-corrected chi connectivity index (χ3v) is 9.32. The number of sulfonamides is 1. The fourth-order valence-electron chi connectivity index (χ4n) is 3.61. The van der Waals surface area contributed by atoms with Gasteiger partial charge >= 0.3 is 0 Å². The number of hydrogen-bond acceptors (Lipinski definition) is 6. The van der Waals surface area contributed by atoms with E-state index in [1.165, 1.54) is 27.0 Å². The van der Waals surface area contributed by atoms with Gasteiger partial charge in [0.2, 0.25) is 5.91 Å². The summed E-state index contributed by atoms with van der Waals surface area (Å²) in [6.45, 7) is 4.89. The molecule has 1 atom stereocenters. The van der Waals surface area contributed by atoms with Crippen molar-refractivity contribution in [3.05, 3.63) is 41.3 Å². The number of hydrogen-bond donors (Lipinski definition) is 1. The molecule has 1 fully saturated rings. The fraction of sp³-hybridized carbons (Fsp3) is 0.400. The summed E-state index contributed by atoms with van der Waals surface area (Å²) in [6, 6.07) is 9.41. The molecule has 3 aromatic rings. The van der Waals surface area contributed by atoms with Crippen LogP contribution in [0.3, 0.4) is 0 Å². The summed E-state index contributed by atoms with van der Waals surface area (Å²) in [7, 11) is -3.53. The predicted octanol–water partition coefficient (Wildman–Crippen LogP) is 4.52. The second-order valence-electron chi connectivity index (χ2n) is 7.49. The maximum Gasteiger partial charge on any atom is 0.252 e. The number of carbonyl (C=O) groups excluding carboxylic acids is 1. The summed E-state index contributed by atoms with van der Waals surface area (Å²) in [5.74, 6) is -0.199. The van der Waals surface area contributed by atoms with E-state index in [0.717, 1.165) is 15.8 Å². The Hall–Kier alpha value is -1.81. The zero-order chi connectivity index (χ0) is 20.6. The number of anilines is 1. The number of thiophene rings is 1. The molecule has 29 heavy (non-hydrogen) atoms. The normalized spacial score (nSPS) is 18.4. The molecule has 1 N–H and O–H groups in total. The van der Waals surface area contributed by atoms with Crippen LogP contribution >= 0.6 is 22.7 Å². The number of benzene rings is 1. The molecule has 2 aromatic heterocycles. The zero-order valence-electron chi connectivity index (χ0n) is 16.3. The van der Waals surface area contributed by atoms with Crippen LogP contribution in [0.15, 0.2) is 39.9 Å². The molecule has 1 amide bonds. The number of piperidine rings is 1. The van der Waals surface area contributed by atoms with Crippen LogP contribution in [0, 0.1) is 5.92 Å². The summed E-state index contributed by atoms with van der Waals surface area (Å²) in [5.41, 5.74) is 2.08. The predicted molar refractivity (Wildman–Crippen MR) is 118 cm³/mol. The number of para-hydroxylation sites is 1. The van der Waals surface area contributed by atoms with Gasteiger partial charge in [0.15, 0.2) is 5.13 Å². The summed E-state index contributed by atoms with van der Waals surface area (Å²) >= 11 is 2.66. The van der Waals surface area contributed by atoms with Crippen LogP contribution in [0.1, 0.15) is 38.2 Å². The van der Waals surface area contributed by atoms with Crippen molar-refractivity contribution in [1.82, 2.24) is 9.29 Å². The van der Waals surface area contributed by atoms with E-state index in [0.29, 0.717) is 34.6 Å². The van der Waals surface area contributed by atoms with Crippen LogP contribution < -0.4 is 5.32 Å². The van der Waals surface area contributed by atoms with E-state index in [1.54, 1.807) is 17.5 Å². The lowest BCUT2D eigenvalue weighted by Crippen LogP contribution is -2.43. The number of carbonyl (C=O) groups is 1. The van der Waals surface area contributed by atoms with Crippen molar-refractivity contribution in [2.45, 2.75) is 36.8 Å². The van der Waals surface area contributed by atoms with Crippen molar-refractivity contribution in [3.8, 4) is 0 Å². The number of rotatable bonds is 5. The maximum absolute atomic E-state index is 12.9.